The number of benzene rings is 1. The third-order valence-corrected chi connectivity index (χ3v) is 8.30. The molecule has 2 aromatic heterocycles. The third-order valence-electron chi connectivity index (χ3n) is 6.66. The van der Waals surface area contributed by atoms with Gasteiger partial charge in [-0.15, -0.1) is 0 Å². The molecule has 0 saturated carbocycles. The first kappa shape index (κ1) is 28.2. The monoisotopic (exact) mass is 578 g/mol. The second-order valence-corrected chi connectivity index (χ2v) is 10.9. The number of rotatable bonds is 11. The molecule has 40 heavy (non-hydrogen) atoms. The first-order chi connectivity index (χ1) is 19.2. The number of nitrogens with zero attached hydrogens (tertiary/aromatic N) is 4. The number of methoxy groups -OCH3 is 1. The number of anilines is 1. The van der Waals surface area contributed by atoms with E-state index in [1.54, 1.807) is 41.8 Å². The van der Waals surface area contributed by atoms with Crippen LogP contribution >= 0.6 is 7.75 Å². The molecule has 2 aliphatic heterocycles. The average Bonchev–Trinajstić information content (AvgIpc) is 3.45. The number of carbonyl (C=O) groups excluding carboxylic acids is 1. The fourth-order valence-corrected chi connectivity index (χ4v) is 6.17. The number of aliphatic hydroxyl groups is 1. The highest BCUT2D eigenvalue weighted by molar-refractivity contribution is 7.52. The number of nitrogen functional groups attached to an aromatic ring is 1. The van der Waals surface area contributed by atoms with Gasteiger partial charge in [0.25, 0.3) is 0 Å². The predicted molar refractivity (Wildman–Crippen MR) is 139 cm³/mol. The van der Waals surface area contributed by atoms with Crippen molar-refractivity contribution in [1.82, 2.24) is 24.6 Å². The Bertz CT molecular complexity index is 1400. The van der Waals surface area contributed by atoms with Crippen molar-refractivity contribution in [3.63, 3.8) is 0 Å². The molecular formula is C24H31N6O9P. The van der Waals surface area contributed by atoms with E-state index in [0.29, 0.717) is 24.2 Å². The smallest absolute Gasteiger partial charge is 0.459 e. The highest BCUT2D eigenvalue weighted by atomic mass is 31.2. The standard InChI is InChI=1S/C24H31N6O9P/c1-4-35-21(32)14(2)29-40(33,39-15-8-6-5-7-9-15)37-12-16-18(31)24(10-11-36-24)22(38-16)30-13-26-17-19(30)27-23(25)28-20(17)34-3/h5-9,13-14,16,18,22,31H,4,10-12H2,1-3H3,(H,29,33)(H2,25,27,28)/t14-,16+,18+,22+,24+,40-/m0/s1. The van der Waals surface area contributed by atoms with E-state index in [1.165, 1.54) is 20.4 Å². The summed E-state index contributed by atoms with van der Waals surface area (Å²) in [6.07, 6.45) is -1.14. The van der Waals surface area contributed by atoms with Crippen molar-refractivity contribution in [2.24, 2.45) is 0 Å². The minimum Gasteiger partial charge on any atom is -0.479 e. The van der Waals surface area contributed by atoms with Gasteiger partial charge in [0, 0.05) is 6.42 Å². The minimum absolute atomic E-state index is 0.0334. The minimum atomic E-state index is -4.18. The van der Waals surface area contributed by atoms with Crippen molar-refractivity contribution in [1.29, 1.82) is 0 Å². The summed E-state index contributed by atoms with van der Waals surface area (Å²) in [4.78, 5) is 24.9. The first-order valence-corrected chi connectivity index (χ1v) is 14.2. The molecule has 0 aliphatic carbocycles. The Morgan fingerprint density at radius 1 is 1.35 bits per heavy atom. The number of para-hydroxylation sites is 1. The number of nitrogens with one attached hydrogen (secondary N) is 1. The molecule has 4 heterocycles. The number of aliphatic hydroxyl groups excluding tert-OH is 1. The number of esters is 1. The van der Waals surface area contributed by atoms with Crippen LogP contribution in [0.1, 0.15) is 26.5 Å². The predicted octanol–water partition coefficient (Wildman–Crippen LogP) is 1.58. The molecule has 2 aliphatic rings. The van der Waals surface area contributed by atoms with E-state index in [9.17, 15) is 14.5 Å². The van der Waals surface area contributed by atoms with Crippen molar-refractivity contribution in [2.75, 3.05) is 32.7 Å². The molecule has 0 amide bonds. The number of hydrogen-bond donors (Lipinski definition) is 3. The van der Waals surface area contributed by atoms with Crippen LogP contribution in [-0.4, -0.2) is 81.4 Å². The Morgan fingerprint density at radius 3 is 2.75 bits per heavy atom. The molecule has 0 bridgehead atoms. The summed E-state index contributed by atoms with van der Waals surface area (Å²) in [5.74, 6) is -0.237. The summed E-state index contributed by atoms with van der Waals surface area (Å²) in [5, 5.41) is 13.9. The average molecular weight is 579 g/mol. The van der Waals surface area contributed by atoms with E-state index >= 15 is 0 Å². The Hall–Kier alpha value is -3.33. The number of ether oxygens (including phenoxy) is 4. The molecule has 15 nitrogen and oxygen atoms in total. The zero-order valence-electron chi connectivity index (χ0n) is 22.1. The van der Waals surface area contributed by atoms with Gasteiger partial charge in [-0.3, -0.25) is 13.9 Å². The zero-order valence-corrected chi connectivity index (χ0v) is 23.0. The van der Waals surface area contributed by atoms with Crippen LogP contribution in [0.5, 0.6) is 11.6 Å². The fourth-order valence-electron chi connectivity index (χ4n) is 4.67. The largest absolute Gasteiger partial charge is 0.479 e. The van der Waals surface area contributed by atoms with E-state index in [-0.39, 0.29) is 30.8 Å². The Kier molecular flexibility index (Phi) is 7.95. The van der Waals surface area contributed by atoms with Gasteiger partial charge in [-0.25, -0.2) is 9.55 Å². The van der Waals surface area contributed by atoms with Crippen molar-refractivity contribution in [2.45, 2.75) is 50.3 Å². The van der Waals surface area contributed by atoms with E-state index in [2.05, 4.69) is 20.0 Å². The van der Waals surface area contributed by atoms with Crippen LogP contribution in [0.3, 0.4) is 0 Å². The maximum absolute atomic E-state index is 13.8. The molecular weight excluding hydrogens is 547 g/mol. The van der Waals surface area contributed by atoms with E-state index in [4.69, 9.17) is 33.7 Å². The second kappa shape index (κ2) is 11.3. The zero-order chi connectivity index (χ0) is 28.5. The number of aromatic nitrogens is 4. The van der Waals surface area contributed by atoms with E-state index in [1.807, 2.05) is 0 Å². The van der Waals surface area contributed by atoms with Crippen molar-refractivity contribution in [3.8, 4) is 11.6 Å². The number of nitrogens with two attached hydrogens (primary N) is 1. The molecule has 216 valence electrons. The summed E-state index contributed by atoms with van der Waals surface area (Å²) >= 11 is 0. The molecule has 1 aromatic carbocycles. The highest BCUT2D eigenvalue weighted by Gasteiger charge is 2.62. The maximum Gasteiger partial charge on any atom is 0.459 e. The molecule has 4 N–H and O–H groups in total. The molecule has 16 heteroatoms. The Morgan fingerprint density at radius 2 is 2.10 bits per heavy atom. The Labute approximate surface area is 229 Å². The van der Waals surface area contributed by atoms with Gasteiger partial charge >= 0.3 is 13.7 Å². The van der Waals surface area contributed by atoms with Crippen LogP contribution in [0.25, 0.3) is 11.2 Å². The van der Waals surface area contributed by atoms with Gasteiger partial charge in [-0.2, -0.15) is 15.1 Å². The number of imidazole rings is 1. The normalized spacial score (nSPS) is 26.2. The van der Waals surface area contributed by atoms with Crippen LogP contribution in [0.15, 0.2) is 36.7 Å². The van der Waals surface area contributed by atoms with Crippen molar-refractivity contribution >= 4 is 30.8 Å². The number of carbonyl (C=O) groups is 1. The molecule has 1 spiro atoms. The lowest BCUT2D eigenvalue weighted by atomic mass is 9.86. The van der Waals surface area contributed by atoms with Crippen molar-refractivity contribution < 1.29 is 42.5 Å². The SMILES string of the molecule is CCOC(=O)[C@H](C)N[P@](=O)(OC[C@H]1O[C@@H](n2cnc3c(OC)nc(N)nc32)[C@@]2(CCO2)[C@@H]1O)Oc1ccccc1. The van der Waals surface area contributed by atoms with Gasteiger partial charge in [0.15, 0.2) is 17.4 Å². The lowest BCUT2D eigenvalue weighted by Crippen LogP contribution is -2.56. The second-order valence-electron chi connectivity index (χ2n) is 9.24. The quantitative estimate of drug-likeness (QED) is 0.219. The third kappa shape index (κ3) is 5.23. The van der Waals surface area contributed by atoms with Gasteiger partial charge in [-0.05, 0) is 26.0 Å². The van der Waals surface area contributed by atoms with Crippen LogP contribution in [0.4, 0.5) is 5.95 Å². The molecule has 3 aromatic rings. The van der Waals surface area contributed by atoms with Crippen LogP contribution in [-0.2, 0) is 28.1 Å². The summed E-state index contributed by atoms with van der Waals surface area (Å²) in [7, 11) is -2.74. The number of hydrogen-bond acceptors (Lipinski definition) is 13. The van der Waals surface area contributed by atoms with E-state index < -0.39 is 43.8 Å². The summed E-state index contributed by atoms with van der Waals surface area (Å²) in [5.41, 5.74) is 5.39. The van der Waals surface area contributed by atoms with Gasteiger partial charge in [0.1, 0.15) is 29.6 Å². The van der Waals surface area contributed by atoms with Crippen molar-refractivity contribution in [3.05, 3.63) is 36.7 Å². The highest BCUT2D eigenvalue weighted by Crippen LogP contribution is 2.51. The summed E-state index contributed by atoms with van der Waals surface area (Å²) < 4.78 is 49.2. The fraction of sp³-hybridized carbons (Fsp3) is 0.500. The van der Waals surface area contributed by atoms with Gasteiger partial charge in [0.05, 0.1) is 33.3 Å². The maximum atomic E-state index is 13.8. The summed E-state index contributed by atoms with van der Waals surface area (Å²) in [6.45, 7) is 3.30. The van der Waals surface area contributed by atoms with Gasteiger partial charge < -0.3 is 34.3 Å². The molecule has 6 atom stereocenters. The lowest BCUT2D eigenvalue weighted by molar-refractivity contribution is -0.225. The first-order valence-electron chi connectivity index (χ1n) is 12.6. The molecule has 0 radical (unpaired) electrons. The molecule has 0 unspecified atom stereocenters. The van der Waals surface area contributed by atoms with Crippen LogP contribution in [0, 0.1) is 0 Å². The Balaban J connectivity index is 1.39. The molecule has 2 saturated heterocycles. The van der Waals surface area contributed by atoms with Gasteiger partial charge in [-0.1, -0.05) is 18.2 Å². The van der Waals surface area contributed by atoms with Gasteiger partial charge in [0.2, 0.25) is 11.8 Å². The van der Waals surface area contributed by atoms with Crippen LogP contribution < -0.4 is 20.1 Å². The molecule has 5 rings (SSSR count). The lowest BCUT2D eigenvalue weighted by Gasteiger charge is -2.44. The van der Waals surface area contributed by atoms with Crippen LogP contribution in [0.2, 0.25) is 0 Å². The summed E-state index contributed by atoms with van der Waals surface area (Å²) in [6, 6.07) is 7.32. The van der Waals surface area contributed by atoms with E-state index in [0.717, 1.165) is 0 Å². The molecule has 2 fully saturated rings. The number of fused-ring (bicyclic) bond motifs is 1. The topological polar surface area (TPSA) is 191 Å².